The first kappa shape index (κ1) is 12.0. The molecule has 15 heavy (non-hydrogen) atoms. The first-order valence-corrected chi connectivity index (χ1v) is 5.00. The number of hydrogen-bond donors (Lipinski definition) is 3. The zero-order valence-corrected chi connectivity index (χ0v) is 8.60. The molecule has 4 heteroatoms. The molecule has 0 amide bonds. The van der Waals surface area contributed by atoms with Gasteiger partial charge in [0.15, 0.2) is 0 Å². The van der Waals surface area contributed by atoms with Crippen LogP contribution >= 0.6 is 0 Å². The molecule has 0 bridgehead atoms. The van der Waals surface area contributed by atoms with Crippen LogP contribution < -0.4 is 10.1 Å². The fourth-order valence-electron chi connectivity index (χ4n) is 1.09. The van der Waals surface area contributed by atoms with E-state index in [4.69, 9.17) is 14.9 Å². The molecule has 0 fully saturated rings. The third kappa shape index (κ3) is 5.37. The summed E-state index contributed by atoms with van der Waals surface area (Å²) in [5.74, 6) is 0.835. The van der Waals surface area contributed by atoms with E-state index in [0.29, 0.717) is 19.7 Å². The first-order chi connectivity index (χ1) is 7.33. The number of ether oxygens (including phenoxy) is 1. The number of aliphatic hydroxyl groups excluding tert-OH is 2. The quantitative estimate of drug-likeness (QED) is 0.556. The summed E-state index contributed by atoms with van der Waals surface area (Å²) in [4.78, 5) is 0. The normalized spacial score (nSPS) is 12.4. The van der Waals surface area contributed by atoms with Gasteiger partial charge in [0.25, 0.3) is 0 Å². The molecule has 1 aromatic carbocycles. The fraction of sp³-hybridized carbons (Fsp3) is 0.455. The average Bonchev–Trinajstić information content (AvgIpc) is 2.29. The van der Waals surface area contributed by atoms with E-state index < -0.39 is 6.10 Å². The lowest BCUT2D eigenvalue weighted by atomic mass is 10.3. The van der Waals surface area contributed by atoms with Gasteiger partial charge < -0.3 is 20.3 Å². The fourth-order valence-corrected chi connectivity index (χ4v) is 1.09. The van der Waals surface area contributed by atoms with Crippen molar-refractivity contribution in [2.75, 3.05) is 26.3 Å². The van der Waals surface area contributed by atoms with Gasteiger partial charge in [0.1, 0.15) is 12.4 Å². The van der Waals surface area contributed by atoms with Gasteiger partial charge in [0.2, 0.25) is 0 Å². The van der Waals surface area contributed by atoms with Crippen LogP contribution in [0.25, 0.3) is 0 Å². The van der Waals surface area contributed by atoms with Crippen LogP contribution in [0.4, 0.5) is 0 Å². The topological polar surface area (TPSA) is 61.7 Å². The van der Waals surface area contributed by atoms with Crippen molar-refractivity contribution in [3.63, 3.8) is 0 Å². The van der Waals surface area contributed by atoms with Crippen LogP contribution in [0, 0.1) is 0 Å². The molecule has 0 radical (unpaired) electrons. The van der Waals surface area contributed by atoms with E-state index in [1.807, 2.05) is 30.3 Å². The predicted molar refractivity (Wildman–Crippen MR) is 57.9 cm³/mol. The Morgan fingerprint density at radius 3 is 2.67 bits per heavy atom. The highest BCUT2D eigenvalue weighted by atomic mass is 16.5. The van der Waals surface area contributed by atoms with E-state index in [0.717, 1.165) is 5.75 Å². The molecule has 0 heterocycles. The number of rotatable bonds is 7. The molecule has 1 atom stereocenters. The van der Waals surface area contributed by atoms with E-state index in [-0.39, 0.29) is 6.61 Å². The number of nitrogens with one attached hydrogen (secondary N) is 1. The number of benzene rings is 1. The molecular weight excluding hydrogens is 194 g/mol. The van der Waals surface area contributed by atoms with Gasteiger partial charge in [0.05, 0.1) is 12.7 Å². The highest BCUT2D eigenvalue weighted by molar-refractivity contribution is 5.20. The Hall–Kier alpha value is -1.10. The van der Waals surface area contributed by atoms with E-state index in [1.165, 1.54) is 0 Å². The maximum atomic E-state index is 9.02. The monoisotopic (exact) mass is 211 g/mol. The molecule has 4 nitrogen and oxygen atoms in total. The van der Waals surface area contributed by atoms with E-state index in [9.17, 15) is 0 Å². The van der Waals surface area contributed by atoms with Crippen molar-refractivity contribution < 1.29 is 14.9 Å². The van der Waals surface area contributed by atoms with Crippen molar-refractivity contribution in [3.05, 3.63) is 30.3 Å². The smallest absolute Gasteiger partial charge is 0.119 e. The minimum atomic E-state index is -0.693. The second-order valence-corrected chi connectivity index (χ2v) is 3.20. The van der Waals surface area contributed by atoms with Crippen molar-refractivity contribution in [2.24, 2.45) is 0 Å². The maximum Gasteiger partial charge on any atom is 0.119 e. The lowest BCUT2D eigenvalue weighted by molar-refractivity contribution is 0.0936. The van der Waals surface area contributed by atoms with Gasteiger partial charge in [-0.3, -0.25) is 0 Å². The Kier molecular flexibility index (Phi) is 5.77. The van der Waals surface area contributed by atoms with Crippen molar-refractivity contribution in [2.45, 2.75) is 6.10 Å². The summed E-state index contributed by atoms with van der Waals surface area (Å²) in [6, 6.07) is 9.55. The Balaban J connectivity index is 2.03. The van der Waals surface area contributed by atoms with Gasteiger partial charge in [-0.25, -0.2) is 0 Å². The lowest BCUT2D eigenvalue weighted by Gasteiger charge is -2.09. The number of aliphatic hydroxyl groups is 2. The van der Waals surface area contributed by atoms with Gasteiger partial charge in [-0.05, 0) is 12.1 Å². The molecule has 0 saturated carbocycles. The van der Waals surface area contributed by atoms with Crippen LogP contribution in [-0.2, 0) is 0 Å². The van der Waals surface area contributed by atoms with Crippen LogP contribution in [0.5, 0.6) is 5.75 Å². The maximum absolute atomic E-state index is 9.02. The Morgan fingerprint density at radius 2 is 2.00 bits per heavy atom. The predicted octanol–water partition coefficient (Wildman–Crippen LogP) is 0.00820. The lowest BCUT2D eigenvalue weighted by Crippen LogP contribution is -2.32. The Bertz CT molecular complexity index is 253. The third-order valence-electron chi connectivity index (χ3n) is 1.88. The molecule has 1 rings (SSSR count). The molecule has 1 aromatic rings. The van der Waals surface area contributed by atoms with Crippen LogP contribution in [-0.4, -0.2) is 42.6 Å². The molecule has 84 valence electrons. The van der Waals surface area contributed by atoms with Crippen molar-refractivity contribution in [1.29, 1.82) is 0 Å². The zero-order chi connectivity index (χ0) is 10.9. The average molecular weight is 211 g/mol. The molecular formula is C11H17NO3. The van der Waals surface area contributed by atoms with Gasteiger partial charge in [-0.15, -0.1) is 0 Å². The van der Waals surface area contributed by atoms with Crippen LogP contribution in [0.15, 0.2) is 30.3 Å². The second kappa shape index (κ2) is 7.23. The summed E-state index contributed by atoms with van der Waals surface area (Å²) < 4.78 is 5.41. The molecule has 0 saturated heterocycles. The highest BCUT2D eigenvalue weighted by Gasteiger charge is 1.99. The van der Waals surface area contributed by atoms with Crippen molar-refractivity contribution >= 4 is 0 Å². The zero-order valence-electron chi connectivity index (χ0n) is 8.60. The van der Waals surface area contributed by atoms with Crippen molar-refractivity contribution in [1.82, 2.24) is 5.32 Å². The number of hydrogen-bond acceptors (Lipinski definition) is 4. The third-order valence-corrected chi connectivity index (χ3v) is 1.88. The van der Waals surface area contributed by atoms with Crippen LogP contribution in [0.3, 0.4) is 0 Å². The Morgan fingerprint density at radius 1 is 1.27 bits per heavy atom. The van der Waals surface area contributed by atoms with E-state index in [2.05, 4.69) is 5.32 Å². The SMILES string of the molecule is OCC(O)CNCCOc1ccccc1. The van der Waals surface area contributed by atoms with Crippen LogP contribution in [0.2, 0.25) is 0 Å². The molecule has 0 aliphatic heterocycles. The van der Waals surface area contributed by atoms with Gasteiger partial charge in [-0.2, -0.15) is 0 Å². The summed E-state index contributed by atoms with van der Waals surface area (Å²) in [5.41, 5.74) is 0. The minimum Gasteiger partial charge on any atom is -0.492 e. The van der Waals surface area contributed by atoms with Gasteiger partial charge >= 0.3 is 0 Å². The van der Waals surface area contributed by atoms with E-state index >= 15 is 0 Å². The largest absolute Gasteiger partial charge is 0.492 e. The number of para-hydroxylation sites is 1. The molecule has 0 aliphatic rings. The van der Waals surface area contributed by atoms with E-state index in [1.54, 1.807) is 0 Å². The van der Waals surface area contributed by atoms with Crippen molar-refractivity contribution in [3.8, 4) is 5.75 Å². The standard InChI is InChI=1S/C11H17NO3/c13-9-10(14)8-12-6-7-15-11-4-2-1-3-5-11/h1-5,10,12-14H,6-9H2. The first-order valence-electron chi connectivity index (χ1n) is 5.00. The summed E-state index contributed by atoms with van der Waals surface area (Å²) in [6.07, 6.45) is -0.693. The molecule has 0 spiro atoms. The minimum absolute atomic E-state index is 0.216. The van der Waals surface area contributed by atoms with Gasteiger partial charge in [0, 0.05) is 13.1 Å². The molecule has 0 aromatic heterocycles. The van der Waals surface area contributed by atoms with Crippen LogP contribution in [0.1, 0.15) is 0 Å². The summed E-state index contributed by atoms with van der Waals surface area (Å²) >= 11 is 0. The summed E-state index contributed by atoms with van der Waals surface area (Å²) in [5, 5.41) is 20.5. The summed E-state index contributed by atoms with van der Waals surface area (Å²) in [6.45, 7) is 1.36. The second-order valence-electron chi connectivity index (χ2n) is 3.20. The summed E-state index contributed by atoms with van der Waals surface area (Å²) in [7, 11) is 0. The highest BCUT2D eigenvalue weighted by Crippen LogP contribution is 2.07. The molecule has 1 unspecified atom stereocenters. The Labute approximate surface area is 89.5 Å². The molecule has 3 N–H and O–H groups in total. The van der Waals surface area contributed by atoms with Gasteiger partial charge in [-0.1, -0.05) is 18.2 Å². The molecule has 0 aliphatic carbocycles.